The van der Waals surface area contributed by atoms with E-state index in [1.807, 2.05) is 17.0 Å². The summed E-state index contributed by atoms with van der Waals surface area (Å²) in [6.07, 6.45) is 6.40. The van der Waals surface area contributed by atoms with Crippen molar-refractivity contribution in [2.24, 2.45) is 5.92 Å². The normalized spacial score (nSPS) is 21.1. The lowest BCUT2D eigenvalue weighted by Gasteiger charge is -2.24. The Bertz CT molecular complexity index is 926. The molecule has 2 aromatic rings. The molecule has 1 aromatic carbocycles. The van der Waals surface area contributed by atoms with E-state index in [0.29, 0.717) is 28.8 Å². The van der Waals surface area contributed by atoms with Crippen molar-refractivity contribution in [2.45, 2.75) is 12.5 Å². The average molecular weight is 383 g/mol. The number of carbonyl (C=O) groups excluding carboxylic acids is 1. The Kier molecular flexibility index (Phi) is 4.63. The predicted octanol–water partition coefficient (Wildman–Crippen LogP) is 3.04. The Morgan fingerprint density at radius 2 is 2.19 bits per heavy atom. The summed E-state index contributed by atoms with van der Waals surface area (Å²) >= 11 is 6.26. The number of likely N-dealkylation sites (tertiary alicyclic amines) is 2. The van der Waals surface area contributed by atoms with Crippen LogP contribution in [0.5, 0.6) is 5.75 Å². The highest BCUT2D eigenvalue weighted by molar-refractivity contribution is 6.33. The summed E-state index contributed by atoms with van der Waals surface area (Å²) in [5.74, 6) is 0.952. The first kappa shape index (κ1) is 17.6. The van der Waals surface area contributed by atoms with Crippen LogP contribution >= 0.6 is 11.6 Å². The molecule has 6 nitrogen and oxygen atoms in total. The zero-order chi connectivity index (χ0) is 19.0. The van der Waals surface area contributed by atoms with Gasteiger partial charge in [-0.05, 0) is 30.7 Å². The van der Waals surface area contributed by atoms with E-state index in [9.17, 15) is 4.79 Å². The molecule has 2 atom stereocenters. The number of hydrogen-bond donors (Lipinski definition) is 0. The number of aromatic nitrogens is 1. The molecule has 7 heteroatoms. The first-order chi connectivity index (χ1) is 13.1. The molecule has 0 unspecified atom stereocenters. The van der Waals surface area contributed by atoms with Crippen LogP contribution in [0.25, 0.3) is 11.1 Å². The van der Waals surface area contributed by atoms with Crippen molar-refractivity contribution in [3.05, 3.63) is 47.2 Å². The first-order valence-corrected chi connectivity index (χ1v) is 9.23. The van der Waals surface area contributed by atoms with E-state index in [1.54, 1.807) is 36.5 Å². The number of rotatable bonds is 3. The Morgan fingerprint density at radius 3 is 2.93 bits per heavy atom. The summed E-state index contributed by atoms with van der Waals surface area (Å²) in [5, 5.41) is 9.66. The third-order valence-electron chi connectivity index (χ3n) is 5.46. The second-order valence-corrected chi connectivity index (χ2v) is 7.30. The summed E-state index contributed by atoms with van der Waals surface area (Å²) in [6, 6.07) is 7.36. The lowest BCUT2D eigenvalue weighted by atomic mass is 10.0. The summed E-state index contributed by atoms with van der Waals surface area (Å²) in [4.78, 5) is 20.7. The number of carbonyl (C=O) groups is 1. The molecule has 0 saturated carbocycles. The Labute approximate surface area is 162 Å². The molecule has 2 saturated heterocycles. The molecule has 0 N–H and O–H groups in total. The van der Waals surface area contributed by atoms with Gasteiger partial charge < -0.3 is 14.5 Å². The van der Waals surface area contributed by atoms with Gasteiger partial charge in [0.25, 0.3) is 5.91 Å². The topological polar surface area (TPSA) is 69.5 Å². The van der Waals surface area contributed by atoms with Gasteiger partial charge in [0.2, 0.25) is 0 Å². The van der Waals surface area contributed by atoms with Crippen molar-refractivity contribution in [3.8, 4) is 23.1 Å². The van der Waals surface area contributed by atoms with Crippen LogP contribution in [0, 0.1) is 17.4 Å². The first-order valence-electron chi connectivity index (χ1n) is 8.86. The van der Waals surface area contributed by atoms with Gasteiger partial charge in [-0.3, -0.25) is 9.78 Å². The van der Waals surface area contributed by atoms with Gasteiger partial charge in [-0.1, -0.05) is 11.6 Å². The summed E-state index contributed by atoms with van der Waals surface area (Å²) in [5.41, 5.74) is 2.21. The summed E-state index contributed by atoms with van der Waals surface area (Å²) in [6.45, 7) is 2.09. The number of pyridine rings is 1. The molecule has 4 rings (SSSR count). The van der Waals surface area contributed by atoms with Crippen LogP contribution in [0.1, 0.15) is 16.8 Å². The van der Waals surface area contributed by atoms with Gasteiger partial charge >= 0.3 is 0 Å². The Hall–Kier alpha value is -2.78. The van der Waals surface area contributed by atoms with E-state index in [2.05, 4.69) is 11.2 Å². The maximum absolute atomic E-state index is 13.1. The van der Waals surface area contributed by atoms with Gasteiger partial charge in [0.05, 0.1) is 18.2 Å². The van der Waals surface area contributed by atoms with Crippen LogP contribution in [0.15, 0.2) is 36.7 Å². The SMILES string of the molecule is COc1cc(C(=O)N2CC[C@@H]3CN(C#N)C[C@@H]32)ccc1-c1ccncc1Cl. The summed E-state index contributed by atoms with van der Waals surface area (Å²) in [7, 11) is 1.58. The molecule has 1 amide bonds. The number of nitriles is 1. The van der Waals surface area contributed by atoms with Crippen molar-refractivity contribution in [2.75, 3.05) is 26.7 Å². The minimum absolute atomic E-state index is 0.0204. The number of nitrogens with zero attached hydrogens (tertiary/aromatic N) is 4. The second-order valence-electron chi connectivity index (χ2n) is 6.89. The van der Waals surface area contributed by atoms with Gasteiger partial charge in [0.1, 0.15) is 5.75 Å². The van der Waals surface area contributed by atoms with Gasteiger partial charge in [-0.25, -0.2) is 0 Å². The van der Waals surface area contributed by atoms with Crippen molar-refractivity contribution in [1.82, 2.24) is 14.8 Å². The van der Waals surface area contributed by atoms with Gasteiger partial charge in [0, 0.05) is 54.6 Å². The van der Waals surface area contributed by atoms with Gasteiger partial charge in [-0.2, -0.15) is 5.26 Å². The van der Waals surface area contributed by atoms with E-state index in [4.69, 9.17) is 21.6 Å². The quantitative estimate of drug-likeness (QED) is 0.763. The highest BCUT2D eigenvalue weighted by Crippen LogP contribution is 2.36. The lowest BCUT2D eigenvalue weighted by molar-refractivity contribution is 0.0731. The van der Waals surface area contributed by atoms with Crippen molar-refractivity contribution in [1.29, 1.82) is 5.26 Å². The standard InChI is InChI=1S/C20H19ClN4O2/c1-27-19-8-13(2-3-16(19)15-4-6-23-9-17(15)21)20(26)25-7-5-14-10-24(12-22)11-18(14)25/h2-4,6,8-9,14,18H,5,7,10-11H2,1H3/t14-,18+/m1/s1. The number of fused-ring (bicyclic) bond motifs is 1. The third kappa shape index (κ3) is 3.08. The van der Waals surface area contributed by atoms with E-state index >= 15 is 0 Å². The molecule has 0 bridgehead atoms. The predicted molar refractivity (Wildman–Crippen MR) is 101 cm³/mol. The average Bonchev–Trinajstić information content (AvgIpc) is 3.27. The molecule has 0 radical (unpaired) electrons. The lowest BCUT2D eigenvalue weighted by Crippen LogP contribution is -2.39. The molecular formula is C20H19ClN4O2. The highest BCUT2D eigenvalue weighted by Gasteiger charge is 2.43. The van der Waals surface area contributed by atoms with Crippen LogP contribution in [0.4, 0.5) is 0 Å². The molecule has 27 heavy (non-hydrogen) atoms. The van der Waals surface area contributed by atoms with Crippen molar-refractivity contribution in [3.63, 3.8) is 0 Å². The fourth-order valence-electron chi connectivity index (χ4n) is 4.10. The number of hydrogen-bond acceptors (Lipinski definition) is 5. The van der Waals surface area contributed by atoms with E-state index in [0.717, 1.165) is 30.6 Å². The molecule has 2 aliphatic heterocycles. The molecule has 138 valence electrons. The zero-order valence-electron chi connectivity index (χ0n) is 14.9. The van der Waals surface area contributed by atoms with Gasteiger partial charge in [0.15, 0.2) is 6.19 Å². The van der Waals surface area contributed by atoms with Gasteiger partial charge in [-0.15, -0.1) is 0 Å². The Morgan fingerprint density at radius 1 is 1.33 bits per heavy atom. The zero-order valence-corrected chi connectivity index (χ0v) is 15.7. The largest absolute Gasteiger partial charge is 0.496 e. The number of halogens is 1. The van der Waals surface area contributed by atoms with Crippen LogP contribution in [-0.2, 0) is 0 Å². The van der Waals surface area contributed by atoms with Crippen molar-refractivity contribution >= 4 is 17.5 Å². The number of amides is 1. The number of benzene rings is 1. The van der Waals surface area contributed by atoms with Crippen LogP contribution in [0.3, 0.4) is 0 Å². The minimum atomic E-state index is -0.0204. The molecular weight excluding hydrogens is 364 g/mol. The number of methoxy groups -OCH3 is 1. The second kappa shape index (κ2) is 7.09. The maximum atomic E-state index is 13.1. The molecule has 0 aliphatic carbocycles. The van der Waals surface area contributed by atoms with E-state index in [1.165, 1.54) is 0 Å². The molecule has 0 spiro atoms. The number of ether oxygens (including phenoxy) is 1. The molecule has 2 aliphatic rings. The highest BCUT2D eigenvalue weighted by atomic mass is 35.5. The maximum Gasteiger partial charge on any atom is 0.254 e. The fraction of sp³-hybridized carbons (Fsp3) is 0.350. The van der Waals surface area contributed by atoms with E-state index < -0.39 is 0 Å². The fourth-order valence-corrected chi connectivity index (χ4v) is 4.32. The Balaban J connectivity index is 1.62. The van der Waals surface area contributed by atoms with Crippen molar-refractivity contribution < 1.29 is 9.53 Å². The smallest absolute Gasteiger partial charge is 0.254 e. The monoisotopic (exact) mass is 382 g/mol. The van der Waals surface area contributed by atoms with E-state index in [-0.39, 0.29) is 11.9 Å². The van der Waals surface area contributed by atoms with Crippen LogP contribution < -0.4 is 4.74 Å². The molecule has 3 heterocycles. The van der Waals surface area contributed by atoms with Crippen LogP contribution in [0.2, 0.25) is 5.02 Å². The molecule has 2 fully saturated rings. The van der Waals surface area contributed by atoms with Crippen LogP contribution in [-0.4, -0.2) is 53.5 Å². The third-order valence-corrected chi connectivity index (χ3v) is 5.76. The summed E-state index contributed by atoms with van der Waals surface area (Å²) < 4.78 is 5.53. The minimum Gasteiger partial charge on any atom is -0.496 e. The molecule has 1 aromatic heterocycles.